The largest absolute Gasteiger partial charge is 0.325 e. The van der Waals surface area contributed by atoms with Crippen molar-refractivity contribution in [3.8, 4) is 11.4 Å². The number of hydrogen-bond donors (Lipinski definition) is 1. The Balaban J connectivity index is 2.41. The van der Waals surface area contributed by atoms with Crippen LogP contribution in [-0.2, 0) is 13.6 Å². The molecule has 2 aromatic heterocycles. The molecule has 14 heavy (non-hydrogen) atoms. The van der Waals surface area contributed by atoms with Crippen LogP contribution in [0.15, 0.2) is 24.7 Å². The highest BCUT2D eigenvalue weighted by molar-refractivity contribution is 5.53. The van der Waals surface area contributed by atoms with E-state index in [1.165, 1.54) is 0 Å². The van der Waals surface area contributed by atoms with Crippen molar-refractivity contribution in [2.24, 2.45) is 12.8 Å². The molecule has 0 amide bonds. The van der Waals surface area contributed by atoms with Gasteiger partial charge in [-0.25, -0.2) is 4.98 Å². The van der Waals surface area contributed by atoms with Crippen molar-refractivity contribution < 1.29 is 0 Å². The summed E-state index contributed by atoms with van der Waals surface area (Å²) in [4.78, 5) is 8.25. The van der Waals surface area contributed by atoms with Crippen LogP contribution in [0.5, 0.6) is 0 Å². The van der Waals surface area contributed by atoms with Crippen LogP contribution in [0.2, 0.25) is 0 Å². The van der Waals surface area contributed by atoms with E-state index in [0.717, 1.165) is 11.3 Å². The number of aromatic nitrogens is 4. The van der Waals surface area contributed by atoms with Gasteiger partial charge in [-0.3, -0.25) is 9.67 Å². The lowest BCUT2D eigenvalue weighted by molar-refractivity contribution is 0.768. The van der Waals surface area contributed by atoms with Crippen molar-refractivity contribution >= 4 is 0 Å². The summed E-state index contributed by atoms with van der Waals surface area (Å²) in [5.74, 6) is 0.699. The molecule has 0 bridgehead atoms. The molecule has 72 valence electrons. The maximum Gasteiger partial charge on any atom is 0.181 e. The van der Waals surface area contributed by atoms with Crippen LogP contribution >= 0.6 is 0 Å². The molecule has 0 aliphatic carbocycles. The van der Waals surface area contributed by atoms with Gasteiger partial charge in [-0.1, -0.05) is 0 Å². The van der Waals surface area contributed by atoms with E-state index in [1.54, 1.807) is 17.2 Å². The van der Waals surface area contributed by atoms with Gasteiger partial charge in [0.25, 0.3) is 0 Å². The zero-order valence-corrected chi connectivity index (χ0v) is 7.88. The highest BCUT2D eigenvalue weighted by Crippen LogP contribution is 2.13. The van der Waals surface area contributed by atoms with Crippen LogP contribution < -0.4 is 5.73 Å². The van der Waals surface area contributed by atoms with Crippen LogP contribution in [-0.4, -0.2) is 19.7 Å². The first kappa shape index (κ1) is 8.83. The Morgan fingerprint density at radius 3 is 2.93 bits per heavy atom. The summed E-state index contributed by atoms with van der Waals surface area (Å²) in [6, 6.07) is 3.77. The summed E-state index contributed by atoms with van der Waals surface area (Å²) in [7, 11) is 1.83. The lowest BCUT2D eigenvalue weighted by Gasteiger charge is -1.97. The molecule has 0 aliphatic heterocycles. The minimum absolute atomic E-state index is 0.431. The second-order valence-electron chi connectivity index (χ2n) is 2.98. The topological polar surface area (TPSA) is 69.6 Å². The maximum absolute atomic E-state index is 5.49. The first-order chi connectivity index (χ1) is 6.79. The van der Waals surface area contributed by atoms with Crippen molar-refractivity contribution in [2.75, 3.05) is 0 Å². The van der Waals surface area contributed by atoms with Crippen LogP contribution in [0.3, 0.4) is 0 Å². The van der Waals surface area contributed by atoms with Crippen molar-refractivity contribution in [3.63, 3.8) is 0 Å². The van der Waals surface area contributed by atoms with E-state index in [9.17, 15) is 0 Å². The van der Waals surface area contributed by atoms with Gasteiger partial charge in [0.15, 0.2) is 5.82 Å². The van der Waals surface area contributed by atoms with Crippen molar-refractivity contribution in [3.05, 3.63) is 30.4 Å². The summed E-state index contributed by atoms with van der Waals surface area (Å²) in [6.07, 6.45) is 3.38. The van der Waals surface area contributed by atoms with E-state index in [0.29, 0.717) is 12.4 Å². The molecule has 0 aliphatic rings. The van der Waals surface area contributed by atoms with E-state index in [2.05, 4.69) is 15.1 Å². The normalized spacial score (nSPS) is 10.4. The molecule has 2 rings (SSSR count). The maximum atomic E-state index is 5.49. The molecule has 0 radical (unpaired) electrons. The minimum atomic E-state index is 0.431. The fourth-order valence-corrected chi connectivity index (χ4v) is 1.20. The molecule has 0 atom stereocenters. The van der Waals surface area contributed by atoms with E-state index in [4.69, 9.17) is 5.73 Å². The van der Waals surface area contributed by atoms with Crippen LogP contribution in [0.1, 0.15) is 5.69 Å². The molecule has 0 spiro atoms. The van der Waals surface area contributed by atoms with Gasteiger partial charge in [0, 0.05) is 25.4 Å². The monoisotopic (exact) mass is 189 g/mol. The van der Waals surface area contributed by atoms with Gasteiger partial charge < -0.3 is 5.73 Å². The molecule has 2 aromatic rings. The van der Waals surface area contributed by atoms with E-state index in [1.807, 2.05) is 19.2 Å². The van der Waals surface area contributed by atoms with Crippen molar-refractivity contribution in [1.29, 1.82) is 0 Å². The van der Waals surface area contributed by atoms with Gasteiger partial charge >= 0.3 is 0 Å². The van der Waals surface area contributed by atoms with Gasteiger partial charge in [0.05, 0.1) is 5.69 Å². The quantitative estimate of drug-likeness (QED) is 0.739. The number of pyridine rings is 1. The SMILES string of the molecule is Cn1cnc(-c2ccnc(CN)c2)n1. The zero-order chi connectivity index (χ0) is 9.97. The Bertz CT molecular complexity index is 434. The van der Waals surface area contributed by atoms with Gasteiger partial charge in [0.2, 0.25) is 0 Å². The molecule has 0 fully saturated rings. The Hall–Kier alpha value is -1.75. The standard InChI is InChI=1S/C9H11N5/c1-14-6-12-9(13-14)7-2-3-11-8(4-7)5-10/h2-4,6H,5,10H2,1H3. The Morgan fingerprint density at radius 2 is 2.29 bits per heavy atom. The van der Waals surface area contributed by atoms with Gasteiger partial charge in [-0.15, -0.1) is 0 Å². The Kier molecular flexibility index (Phi) is 2.24. The molecule has 0 saturated heterocycles. The van der Waals surface area contributed by atoms with Crippen molar-refractivity contribution in [1.82, 2.24) is 19.7 Å². The van der Waals surface area contributed by atoms with Crippen LogP contribution in [0.4, 0.5) is 0 Å². The second-order valence-corrected chi connectivity index (χ2v) is 2.98. The molecule has 0 saturated carbocycles. The van der Waals surface area contributed by atoms with Crippen LogP contribution in [0, 0.1) is 0 Å². The highest BCUT2D eigenvalue weighted by Gasteiger charge is 2.03. The first-order valence-electron chi connectivity index (χ1n) is 4.30. The lowest BCUT2D eigenvalue weighted by Crippen LogP contribution is -1.99. The molecular weight excluding hydrogens is 178 g/mol. The second kappa shape index (κ2) is 3.55. The number of hydrogen-bond acceptors (Lipinski definition) is 4. The molecule has 2 N–H and O–H groups in total. The third-order valence-corrected chi connectivity index (χ3v) is 1.88. The minimum Gasteiger partial charge on any atom is -0.325 e. The van der Waals surface area contributed by atoms with Gasteiger partial charge in [0.1, 0.15) is 6.33 Å². The predicted molar refractivity (Wildman–Crippen MR) is 52.1 cm³/mol. The first-order valence-corrected chi connectivity index (χ1v) is 4.30. The summed E-state index contributed by atoms with van der Waals surface area (Å²) >= 11 is 0. The fraction of sp³-hybridized carbons (Fsp3) is 0.222. The molecule has 0 unspecified atom stereocenters. The molecule has 5 heteroatoms. The Labute approximate surface area is 81.6 Å². The summed E-state index contributed by atoms with van der Waals surface area (Å²) in [5, 5.41) is 4.19. The number of nitrogens with zero attached hydrogens (tertiary/aromatic N) is 4. The lowest BCUT2D eigenvalue weighted by atomic mass is 10.2. The Morgan fingerprint density at radius 1 is 1.43 bits per heavy atom. The smallest absolute Gasteiger partial charge is 0.181 e. The third kappa shape index (κ3) is 1.62. The predicted octanol–water partition coefficient (Wildman–Crippen LogP) is 0.336. The summed E-state index contributed by atoms with van der Waals surface area (Å²) < 4.78 is 1.66. The third-order valence-electron chi connectivity index (χ3n) is 1.88. The van der Waals surface area contributed by atoms with E-state index >= 15 is 0 Å². The number of aryl methyl sites for hydroxylation is 1. The highest BCUT2D eigenvalue weighted by atomic mass is 15.3. The zero-order valence-electron chi connectivity index (χ0n) is 7.88. The average molecular weight is 189 g/mol. The van der Waals surface area contributed by atoms with Gasteiger partial charge in [-0.2, -0.15) is 5.10 Å². The van der Waals surface area contributed by atoms with Crippen molar-refractivity contribution in [2.45, 2.75) is 6.54 Å². The summed E-state index contributed by atoms with van der Waals surface area (Å²) in [5.41, 5.74) is 7.28. The number of nitrogens with two attached hydrogens (primary N) is 1. The average Bonchev–Trinajstić information content (AvgIpc) is 2.65. The van der Waals surface area contributed by atoms with Gasteiger partial charge in [-0.05, 0) is 12.1 Å². The summed E-state index contributed by atoms with van der Waals surface area (Å²) in [6.45, 7) is 0.431. The fourth-order valence-electron chi connectivity index (χ4n) is 1.20. The molecule has 5 nitrogen and oxygen atoms in total. The molecule has 0 aromatic carbocycles. The van der Waals surface area contributed by atoms with E-state index < -0.39 is 0 Å². The van der Waals surface area contributed by atoms with E-state index in [-0.39, 0.29) is 0 Å². The van der Waals surface area contributed by atoms with Crippen LogP contribution in [0.25, 0.3) is 11.4 Å². The molecular formula is C9H11N5. The number of rotatable bonds is 2. The molecule has 2 heterocycles.